The van der Waals surface area contributed by atoms with Gasteiger partial charge in [0.25, 0.3) is 0 Å². The van der Waals surface area contributed by atoms with Gasteiger partial charge in [0.15, 0.2) is 5.82 Å². The summed E-state index contributed by atoms with van der Waals surface area (Å²) < 4.78 is 10.4. The van der Waals surface area contributed by atoms with Crippen molar-refractivity contribution in [3.8, 4) is 0 Å². The summed E-state index contributed by atoms with van der Waals surface area (Å²) in [6, 6.07) is 0. The van der Waals surface area contributed by atoms with Crippen molar-refractivity contribution in [3.05, 3.63) is 11.7 Å². The number of hydrogen-bond donors (Lipinski definition) is 1. The summed E-state index contributed by atoms with van der Waals surface area (Å²) in [5.74, 6) is 1.27. The lowest BCUT2D eigenvalue weighted by Crippen LogP contribution is -2.37. The van der Waals surface area contributed by atoms with Gasteiger partial charge in [0.2, 0.25) is 5.89 Å². The first kappa shape index (κ1) is 12.1. The number of ether oxygens (including phenoxy) is 1. The first-order valence-corrected chi connectivity index (χ1v) is 5.17. The molecule has 0 aromatic carbocycles. The maximum Gasteiger partial charge on any atom is 0.223 e. The third-order valence-corrected chi connectivity index (χ3v) is 1.94. The molecular weight excluding hydrogens is 194 g/mol. The van der Waals surface area contributed by atoms with E-state index < -0.39 is 0 Å². The Balaban J connectivity index is 2.27. The van der Waals surface area contributed by atoms with Crippen molar-refractivity contribution < 1.29 is 9.26 Å². The zero-order chi connectivity index (χ0) is 11.3. The van der Waals surface area contributed by atoms with Gasteiger partial charge in [-0.15, -0.1) is 0 Å². The molecule has 0 saturated carbocycles. The van der Waals surface area contributed by atoms with Crippen molar-refractivity contribution in [1.29, 1.82) is 0 Å². The Bertz CT molecular complexity index is 297. The summed E-state index contributed by atoms with van der Waals surface area (Å²) in [5, 5.41) is 7.02. The molecule has 0 bridgehead atoms. The van der Waals surface area contributed by atoms with Gasteiger partial charge in [-0.3, -0.25) is 0 Å². The number of nitrogens with one attached hydrogen (secondary N) is 1. The van der Waals surface area contributed by atoms with E-state index in [-0.39, 0.29) is 5.60 Å². The highest BCUT2D eigenvalue weighted by Gasteiger charge is 2.16. The Hall–Kier alpha value is -0.940. The van der Waals surface area contributed by atoms with E-state index in [1.807, 2.05) is 20.8 Å². The van der Waals surface area contributed by atoms with Crippen LogP contribution in [0.5, 0.6) is 0 Å². The highest BCUT2D eigenvalue weighted by atomic mass is 16.5. The van der Waals surface area contributed by atoms with Crippen LogP contribution in [-0.4, -0.2) is 28.9 Å². The molecule has 1 aromatic heterocycles. The molecule has 0 atom stereocenters. The zero-order valence-corrected chi connectivity index (χ0v) is 9.83. The third kappa shape index (κ3) is 4.40. The van der Waals surface area contributed by atoms with Gasteiger partial charge in [-0.25, -0.2) is 0 Å². The monoisotopic (exact) mass is 213 g/mol. The molecule has 15 heavy (non-hydrogen) atoms. The summed E-state index contributed by atoms with van der Waals surface area (Å²) in [5.41, 5.74) is -0.159. The van der Waals surface area contributed by atoms with E-state index in [0.29, 0.717) is 18.3 Å². The zero-order valence-electron chi connectivity index (χ0n) is 9.83. The third-order valence-electron chi connectivity index (χ3n) is 1.94. The number of nitrogens with zero attached hydrogens (tertiary/aromatic N) is 2. The number of aromatic nitrogens is 2. The van der Waals surface area contributed by atoms with Gasteiger partial charge >= 0.3 is 0 Å². The molecule has 1 rings (SSSR count). The van der Waals surface area contributed by atoms with Crippen molar-refractivity contribution in [3.63, 3.8) is 0 Å². The van der Waals surface area contributed by atoms with Gasteiger partial charge in [0.05, 0.1) is 12.1 Å². The fourth-order valence-corrected chi connectivity index (χ4v) is 1.33. The molecule has 0 aliphatic rings. The second-order valence-corrected chi connectivity index (χ2v) is 4.03. The molecule has 1 heterocycles. The molecule has 0 amide bonds. The quantitative estimate of drug-likeness (QED) is 0.771. The van der Waals surface area contributed by atoms with Crippen molar-refractivity contribution in [2.24, 2.45) is 0 Å². The van der Waals surface area contributed by atoms with Gasteiger partial charge < -0.3 is 14.6 Å². The van der Waals surface area contributed by atoms with Crippen molar-refractivity contribution in [2.75, 3.05) is 13.2 Å². The molecule has 0 fully saturated rings. The normalized spacial score (nSPS) is 12.0. The summed E-state index contributed by atoms with van der Waals surface area (Å²) in [7, 11) is 0. The van der Waals surface area contributed by atoms with Crippen molar-refractivity contribution in [2.45, 2.75) is 39.8 Å². The summed E-state index contributed by atoms with van der Waals surface area (Å²) in [6.07, 6.45) is 0. The SMILES string of the molecule is CCOC(C)(C)CNCc1noc(C)n1. The van der Waals surface area contributed by atoms with Gasteiger partial charge in [0, 0.05) is 20.1 Å². The van der Waals surface area contributed by atoms with E-state index in [9.17, 15) is 0 Å². The minimum Gasteiger partial charge on any atom is -0.375 e. The van der Waals surface area contributed by atoms with Crippen LogP contribution in [0, 0.1) is 6.92 Å². The van der Waals surface area contributed by atoms with E-state index >= 15 is 0 Å². The van der Waals surface area contributed by atoms with Crippen LogP contribution in [-0.2, 0) is 11.3 Å². The van der Waals surface area contributed by atoms with Gasteiger partial charge in [-0.05, 0) is 20.8 Å². The van der Waals surface area contributed by atoms with Crippen molar-refractivity contribution in [1.82, 2.24) is 15.5 Å². The largest absolute Gasteiger partial charge is 0.375 e. The Morgan fingerprint density at radius 2 is 2.20 bits per heavy atom. The molecule has 1 N–H and O–H groups in total. The van der Waals surface area contributed by atoms with Crippen LogP contribution in [0.25, 0.3) is 0 Å². The average Bonchev–Trinajstić information content (AvgIpc) is 2.51. The van der Waals surface area contributed by atoms with Gasteiger partial charge in [0.1, 0.15) is 0 Å². The topological polar surface area (TPSA) is 60.2 Å². The Kier molecular flexibility index (Phi) is 4.23. The summed E-state index contributed by atoms with van der Waals surface area (Å²) in [6.45, 7) is 9.94. The summed E-state index contributed by atoms with van der Waals surface area (Å²) in [4.78, 5) is 4.10. The average molecular weight is 213 g/mol. The van der Waals surface area contributed by atoms with Crippen LogP contribution < -0.4 is 5.32 Å². The lowest BCUT2D eigenvalue weighted by molar-refractivity contribution is -0.00909. The van der Waals surface area contributed by atoms with E-state index in [1.54, 1.807) is 6.92 Å². The maximum atomic E-state index is 5.55. The molecule has 5 heteroatoms. The molecule has 0 saturated heterocycles. The minimum absolute atomic E-state index is 0.159. The number of aryl methyl sites for hydroxylation is 1. The molecule has 0 radical (unpaired) electrons. The van der Waals surface area contributed by atoms with E-state index in [2.05, 4.69) is 15.5 Å². The Morgan fingerprint density at radius 3 is 2.73 bits per heavy atom. The molecule has 86 valence electrons. The van der Waals surface area contributed by atoms with Crippen molar-refractivity contribution >= 4 is 0 Å². The standard InChI is InChI=1S/C10H19N3O2/c1-5-14-10(3,4)7-11-6-9-12-8(2)15-13-9/h11H,5-7H2,1-4H3. The molecule has 1 aromatic rings. The van der Waals surface area contributed by atoms with E-state index in [1.165, 1.54) is 0 Å². The van der Waals surface area contributed by atoms with E-state index in [0.717, 1.165) is 13.2 Å². The fraction of sp³-hybridized carbons (Fsp3) is 0.800. The lowest BCUT2D eigenvalue weighted by atomic mass is 10.1. The van der Waals surface area contributed by atoms with Crippen LogP contribution in [0.4, 0.5) is 0 Å². The second-order valence-electron chi connectivity index (χ2n) is 4.03. The molecule has 0 aliphatic heterocycles. The number of rotatable bonds is 6. The molecule has 0 aliphatic carbocycles. The van der Waals surface area contributed by atoms with Crippen LogP contribution in [0.3, 0.4) is 0 Å². The highest BCUT2D eigenvalue weighted by Crippen LogP contribution is 2.07. The molecule has 5 nitrogen and oxygen atoms in total. The molecular formula is C10H19N3O2. The first-order chi connectivity index (χ1) is 7.03. The first-order valence-electron chi connectivity index (χ1n) is 5.17. The second kappa shape index (κ2) is 5.23. The van der Waals surface area contributed by atoms with Gasteiger partial charge in [-0.2, -0.15) is 4.98 Å². The predicted molar refractivity (Wildman–Crippen MR) is 56.4 cm³/mol. The smallest absolute Gasteiger partial charge is 0.223 e. The number of hydrogen-bond acceptors (Lipinski definition) is 5. The highest BCUT2D eigenvalue weighted by molar-refractivity contribution is 4.84. The predicted octanol–water partition coefficient (Wildman–Crippen LogP) is 1.28. The van der Waals surface area contributed by atoms with E-state index in [4.69, 9.17) is 9.26 Å². The lowest BCUT2D eigenvalue weighted by Gasteiger charge is -2.24. The van der Waals surface area contributed by atoms with Crippen LogP contribution >= 0.6 is 0 Å². The maximum absolute atomic E-state index is 5.55. The van der Waals surface area contributed by atoms with Crippen LogP contribution in [0.15, 0.2) is 4.52 Å². The minimum atomic E-state index is -0.159. The molecule has 0 unspecified atom stereocenters. The van der Waals surface area contributed by atoms with Gasteiger partial charge in [-0.1, -0.05) is 5.16 Å². The fourth-order valence-electron chi connectivity index (χ4n) is 1.33. The van der Waals surface area contributed by atoms with Crippen LogP contribution in [0.1, 0.15) is 32.5 Å². The molecule has 0 spiro atoms. The summed E-state index contributed by atoms with van der Waals surface area (Å²) >= 11 is 0. The van der Waals surface area contributed by atoms with Crippen LogP contribution in [0.2, 0.25) is 0 Å². The Morgan fingerprint density at radius 1 is 1.47 bits per heavy atom. The Labute approximate surface area is 90.2 Å².